The van der Waals surface area contributed by atoms with Crippen molar-refractivity contribution in [2.75, 3.05) is 0 Å². The normalized spacial score (nSPS) is 44.4. The molecule has 27 heavy (non-hydrogen) atoms. The van der Waals surface area contributed by atoms with Gasteiger partial charge in [-0.3, -0.25) is 0 Å². The Morgan fingerprint density at radius 2 is 1.56 bits per heavy atom. The van der Waals surface area contributed by atoms with Crippen LogP contribution >= 0.6 is 0 Å². The van der Waals surface area contributed by atoms with Crippen LogP contribution in [0.15, 0.2) is 0 Å². The second-order valence-corrected chi connectivity index (χ2v) is 11.4. The molecule has 158 valence electrons. The molecule has 0 radical (unpaired) electrons. The van der Waals surface area contributed by atoms with E-state index in [1.807, 2.05) is 0 Å². The SMILES string of the molecule is CCC(CCC(C)C)C(C)C1(C)CCC2C3CCCC(F)C3CCC2C1C. The van der Waals surface area contributed by atoms with Crippen molar-refractivity contribution in [3.05, 3.63) is 0 Å². The van der Waals surface area contributed by atoms with E-state index in [0.717, 1.165) is 48.3 Å². The fourth-order valence-corrected chi connectivity index (χ4v) is 7.87. The van der Waals surface area contributed by atoms with E-state index >= 15 is 0 Å². The van der Waals surface area contributed by atoms with Gasteiger partial charge in [-0.1, -0.05) is 60.8 Å². The van der Waals surface area contributed by atoms with Crippen LogP contribution in [0.5, 0.6) is 0 Å². The summed E-state index contributed by atoms with van der Waals surface area (Å²) in [5, 5.41) is 0. The zero-order valence-corrected chi connectivity index (χ0v) is 19.1. The minimum absolute atomic E-state index is 0.406. The summed E-state index contributed by atoms with van der Waals surface area (Å²) >= 11 is 0. The van der Waals surface area contributed by atoms with Crippen LogP contribution in [0.2, 0.25) is 0 Å². The maximum atomic E-state index is 14.6. The van der Waals surface area contributed by atoms with Gasteiger partial charge in [0.25, 0.3) is 0 Å². The number of hydrogen-bond acceptors (Lipinski definition) is 0. The first-order valence-corrected chi connectivity index (χ1v) is 12.4. The van der Waals surface area contributed by atoms with Crippen LogP contribution < -0.4 is 0 Å². The van der Waals surface area contributed by atoms with Crippen molar-refractivity contribution in [3.8, 4) is 0 Å². The lowest BCUT2D eigenvalue weighted by Crippen LogP contribution is -2.51. The van der Waals surface area contributed by atoms with Crippen molar-refractivity contribution in [1.29, 1.82) is 0 Å². The minimum Gasteiger partial charge on any atom is -0.247 e. The summed E-state index contributed by atoms with van der Waals surface area (Å²) in [6.07, 6.45) is 12.2. The van der Waals surface area contributed by atoms with Gasteiger partial charge >= 0.3 is 0 Å². The standard InChI is InChI=1S/C26H47F/c1-7-20(12-11-17(2)3)18(4)26(6)16-15-23-21(19(26)5)13-14-24-22(23)9-8-10-25(24)27/h17-25H,7-16H2,1-6H3. The van der Waals surface area contributed by atoms with Gasteiger partial charge in [-0.15, -0.1) is 0 Å². The summed E-state index contributed by atoms with van der Waals surface area (Å²) in [6.45, 7) is 14.9. The molecule has 0 heterocycles. The zero-order valence-electron chi connectivity index (χ0n) is 19.1. The van der Waals surface area contributed by atoms with Crippen molar-refractivity contribution in [3.63, 3.8) is 0 Å². The predicted molar refractivity (Wildman–Crippen MR) is 115 cm³/mol. The fraction of sp³-hybridized carbons (Fsp3) is 1.00. The van der Waals surface area contributed by atoms with E-state index < -0.39 is 6.17 Å². The summed E-state index contributed by atoms with van der Waals surface area (Å²) < 4.78 is 14.6. The zero-order chi connectivity index (χ0) is 19.8. The topological polar surface area (TPSA) is 0 Å². The summed E-state index contributed by atoms with van der Waals surface area (Å²) in [4.78, 5) is 0. The molecule has 0 aromatic rings. The second kappa shape index (κ2) is 8.74. The molecule has 3 aliphatic carbocycles. The van der Waals surface area contributed by atoms with Gasteiger partial charge in [-0.2, -0.15) is 0 Å². The van der Waals surface area contributed by atoms with Crippen LogP contribution in [-0.4, -0.2) is 6.17 Å². The van der Waals surface area contributed by atoms with E-state index in [9.17, 15) is 4.39 Å². The molecule has 0 amide bonds. The summed E-state index contributed by atoms with van der Waals surface area (Å²) in [5.74, 6) is 6.12. The monoisotopic (exact) mass is 378 g/mol. The summed E-state index contributed by atoms with van der Waals surface area (Å²) in [5.41, 5.74) is 0.482. The lowest BCUT2D eigenvalue weighted by atomic mass is 9.47. The van der Waals surface area contributed by atoms with Gasteiger partial charge in [-0.05, 0) is 97.7 Å². The quantitative estimate of drug-likeness (QED) is 0.436. The largest absolute Gasteiger partial charge is 0.247 e. The Bertz CT molecular complexity index is 471. The van der Waals surface area contributed by atoms with E-state index in [-0.39, 0.29) is 0 Å². The average Bonchev–Trinajstić information content (AvgIpc) is 2.65. The molecule has 0 saturated heterocycles. The van der Waals surface area contributed by atoms with Crippen LogP contribution in [0.1, 0.15) is 106 Å². The molecule has 3 fully saturated rings. The highest BCUT2D eigenvalue weighted by molar-refractivity contribution is 5.02. The predicted octanol–water partition coefficient (Wildman–Crippen LogP) is 8.30. The highest BCUT2D eigenvalue weighted by Gasteiger charge is 2.53. The van der Waals surface area contributed by atoms with E-state index in [1.54, 1.807) is 0 Å². The molecule has 0 spiro atoms. The van der Waals surface area contributed by atoms with Gasteiger partial charge in [0.1, 0.15) is 6.17 Å². The van der Waals surface area contributed by atoms with Gasteiger partial charge in [0.05, 0.1) is 0 Å². The molecule has 0 aromatic heterocycles. The van der Waals surface area contributed by atoms with E-state index in [4.69, 9.17) is 0 Å². The van der Waals surface area contributed by atoms with Gasteiger partial charge in [0.2, 0.25) is 0 Å². The molecule has 9 unspecified atom stereocenters. The van der Waals surface area contributed by atoms with Crippen LogP contribution in [-0.2, 0) is 0 Å². The first-order chi connectivity index (χ1) is 12.8. The first-order valence-electron chi connectivity index (χ1n) is 12.4. The smallest absolute Gasteiger partial charge is 0.103 e. The number of rotatable bonds is 6. The molecule has 0 bridgehead atoms. The molecule has 9 atom stereocenters. The number of halogens is 1. The van der Waals surface area contributed by atoms with Crippen LogP contribution in [0.25, 0.3) is 0 Å². The maximum Gasteiger partial charge on any atom is 0.103 e. The van der Waals surface area contributed by atoms with Crippen LogP contribution in [0.3, 0.4) is 0 Å². The molecule has 3 saturated carbocycles. The molecule has 0 N–H and O–H groups in total. The second-order valence-electron chi connectivity index (χ2n) is 11.4. The van der Waals surface area contributed by atoms with Crippen LogP contribution in [0, 0.1) is 52.8 Å². The fourth-order valence-electron chi connectivity index (χ4n) is 7.87. The Balaban J connectivity index is 1.72. The Kier molecular flexibility index (Phi) is 7.01. The lowest BCUT2D eigenvalue weighted by molar-refractivity contribution is -0.0997. The number of fused-ring (bicyclic) bond motifs is 3. The van der Waals surface area contributed by atoms with E-state index in [0.29, 0.717) is 17.3 Å². The van der Waals surface area contributed by atoms with Gasteiger partial charge < -0.3 is 0 Å². The highest BCUT2D eigenvalue weighted by Crippen LogP contribution is 2.60. The Hall–Kier alpha value is -0.0700. The van der Waals surface area contributed by atoms with Gasteiger partial charge in [0.15, 0.2) is 0 Å². The Morgan fingerprint density at radius 3 is 2.22 bits per heavy atom. The Morgan fingerprint density at radius 1 is 0.889 bits per heavy atom. The molecule has 0 aliphatic heterocycles. The summed E-state index contributed by atoms with van der Waals surface area (Å²) in [7, 11) is 0. The van der Waals surface area contributed by atoms with Crippen molar-refractivity contribution < 1.29 is 4.39 Å². The highest BCUT2D eigenvalue weighted by atomic mass is 19.1. The Labute approximate surface area is 169 Å². The molecule has 3 aliphatic rings. The molecule has 3 rings (SSSR count). The third kappa shape index (κ3) is 4.13. The number of alkyl halides is 1. The van der Waals surface area contributed by atoms with Gasteiger partial charge in [0, 0.05) is 0 Å². The van der Waals surface area contributed by atoms with Crippen molar-refractivity contribution >= 4 is 0 Å². The first kappa shape index (κ1) is 21.6. The third-order valence-electron chi connectivity index (χ3n) is 10.1. The number of hydrogen-bond donors (Lipinski definition) is 0. The van der Waals surface area contributed by atoms with Crippen LogP contribution in [0.4, 0.5) is 4.39 Å². The molecule has 0 nitrogen and oxygen atoms in total. The molecule has 1 heteroatoms. The third-order valence-corrected chi connectivity index (χ3v) is 10.1. The minimum atomic E-state index is -0.493. The van der Waals surface area contributed by atoms with Gasteiger partial charge in [-0.25, -0.2) is 4.39 Å². The van der Waals surface area contributed by atoms with Crippen molar-refractivity contribution in [2.45, 2.75) is 112 Å². The molecule has 0 aromatic carbocycles. The van der Waals surface area contributed by atoms with E-state index in [2.05, 4.69) is 41.5 Å². The van der Waals surface area contributed by atoms with Crippen molar-refractivity contribution in [1.82, 2.24) is 0 Å². The van der Waals surface area contributed by atoms with E-state index in [1.165, 1.54) is 51.4 Å². The molecular weight excluding hydrogens is 331 g/mol. The lowest BCUT2D eigenvalue weighted by Gasteiger charge is -2.58. The molecular formula is C26H47F. The maximum absolute atomic E-state index is 14.6. The summed E-state index contributed by atoms with van der Waals surface area (Å²) in [6, 6.07) is 0. The van der Waals surface area contributed by atoms with Crippen molar-refractivity contribution in [2.24, 2.45) is 52.8 Å². The average molecular weight is 379 g/mol.